The molecular formula is C11H13N3O. The standard InChI is InChI=1S/C11H13N3O/c1-6-4-10(15-11(6)7(2)12)9-5-13-8(3)14-9/h4-5H,2,12H2,1,3H3,(H,13,14). The number of aromatic amines is 1. The van der Waals surface area contributed by atoms with E-state index in [1.165, 1.54) is 0 Å². The lowest BCUT2D eigenvalue weighted by Gasteiger charge is -1.94. The number of hydrogen-bond donors (Lipinski definition) is 2. The van der Waals surface area contributed by atoms with Crippen molar-refractivity contribution < 1.29 is 4.42 Å². The van der Waals surface area contributed by atoms with Crippen molar-refractivity contribution in [3.05, 3.63) is 36.0 Å². The summed E-state index contributed by atoms with van der Waals surface area (Å²) in [6.07, 6.45) is 1.73. The van der Waals surface area contributed by atoms with E-state index >= 15 is 0 Å². The summed E-state index contributed by atoms with van der Waals surface area (Å²) in [5, 5.41) is 0. The van der Waals surface area contributed by atoms with Crippen LogP contribution in [0.1, 0.15) is 17.1 Å². The first-order valence-corrected chi connectivity index (χ1v) is 4.65. The monoisotopic (exact) mass is 203 g/mol. The van der Waals surface area contributed by atoms with Crippen molar-refractivity contribution >= 4 is 5.70 Å². The highest BCUT2D eigenvalue weighted by Crippen LogP contribution is 2.26. The minimum atomic E-state index is 0.440. The van der Waals surface area contributed by atoms with Crippen molar-refractivity contribution in [1.82, 2.24) is 9.97 Å². The molecular weight excluding hydrogens is 190 g/mol. The van der Waals surface area contributed by atoms with E-state index in [-0.39, 0.29) is 0 Å². The van der Waals surface area contributed by atoms with Gasteiger partial charge >= 0.3 is 0 Å². The summed E-state index contributed by atoms with van der Waals surface area (Å²) in [7, 11) is 0. The van der Waals surface area contributed by atoms with Crippen LogP contribution in [0.15, 0.2) is 23.3 Å². The molecule has 0 spiro atoms. The van der Waals surface area contributed by atoms with E-state index in [0.717, 1.165) is 22.8 Å². The molecule has 2 aromatic heterocycles. The predicted molar refractivity (Wildman–Crippen MR) is 59.0 cm³/mol. The molecule has 4 heteroatoms. The van der Waals surface area contributed by atoms with E-state index < -0.39 is 0 Å². The lowest BCUT2D eigenvalue weighted by molar-refractivity contribution is 0.562. The van der Waals surface area contributed by atoms with Gasteiger partial charge in [0.25, 0.3) is 0 Å². The Hall–Kier alpha value is -1.97. The number of nitrogens with two attached hydrogens (primary N) is 1. The largest absolute Gasteiger partial charge is 0.453 e. The van der Waals surface area contributed by atoms with Crippen LogP contribution in [0.5, 0.6) is 0 Å². The topological polar surface area (TPSA) is 67.8 Å². The van der Waals surface area contributed by atoms with Crippen LogP contribution in [-0.2, 0) is 0 Å². The molecule has 0 saturated carbocycles. The lowest BCUT2D eigenvalue weighted by Crippen LogP contribution is -1.92. The zero-order valence-corrected chi connectivity index (χ0v) is 8.79. The van der Waals surface area contributed by atoms with Crippen LogP contribution in [0.25, 0.3) is 17.2 Å². The van der Waals surface area contributed by atoms with Crippen molar-refractivity contribution in [3.63, 3.8) is 0 Å². The second kappa shape index (κ2) is 3.31. The van der Waals surface area contributed by atoms with Gasteiger partial charge in [-0.15, -0.1) is 0 Å². The van der Waals surface area contributed by atoms with Gasteiger partial charge in [0, 0.05) is 0 Å². The van der Waals surface area contributed by atoms with Gasteiger partial charge in [-0.2, -0.15) is 0 Å². The van der Waals surface area contributed by atoms with Gasteiger partial charge in [-0.3, -0.25) is 0 Å². The molecule has 0 atom stereocenters. The van der Waals surface area contributed by atoms with E-state index in [9.17, 15) is 0 Å². The number of H-pyrrole nitrogens is 1. The molecule has 78 valence electrons. The average molecular weight is 203 g/mol. The van der Waals surface area contributed by atoms with Crippen molar-refractivity contribution in [1.29, 1.82) is 0 Å². The Morgan fingerprint density at radius 3 is 2.73 bits per heavy atom. The van der Waals surface area contributed by atoms with Crippen molar-refractivity contribution in [2.24, 2.45) is 5.73 Å². The molecule has 0 aliphatic heterocycles. The van der Waals surface area contributed by atoms with Crippen LogP contribution in [0, 0.1) is 13.8 Å². The molecule has 0 saturated heterocycles. The third kappa shape index (κ3) is 1.66. The molecule has 2 heterocycles. The van der Waals surface area contributed by atoms with Gasteiger partial charge in [-0.1, -0.05) is 6.58 Å². The molecule has 0 aliphatic rings. The average Bonchev–Trinajstić information content (AvgIpc) is 2.71. The molecule has 15 heavy (non-hydrogen) atoms. The highest BCUT2D eigenvalue weighted by molar-refractivity contribution is 5.63. The van der Waals surface area contributed by atoms with E-state index in [0.29, 0.717) is 11.5 Å². The SMILES string of the molecule is C=C(N)c1oc(-c2cnc(C)[nH]2)cc1C. The Balaban J connectivity index is 2.46. The molecule has 0 fully saturated rings. The van der Waals surface area contributed by atoms with Crippen LogP contribution in [-0.4, -0.2) is 9.97 Å². The Morgan fingerprint density at radius 1 is 1.53 bits per heavy atom. The fraction of sp³-hybridized carbons (Fsp3) is 0.182. The van der Waals surface area contributed by atoms with Gasteiger partial charge < -0.3 is 15.1 Å². The summed E-state index contributed by atoms with van der Waals surface area (Å²) >= 11 is 0. The maximum absolute atomic E-state index is 5.60. The van der Waals surface area contributed by atoms with Crippen molar-refractivity contribution in [2.75, 3.05) is 0 Å². The molecule has 2 rings (SSSR count). The van der Waals surface area contributed by atoms with Crippen LogP contribution in [0.4, 0.5) is 0 Å². The first kappa shape index (κ1) is 9.58. The summed E-state index contributed by atoms with van der Waals surface area (Å²) in [4.78, 5) is 7.20. The number of rotatable bonds is 2. The smallest absolute Gasteiger partial charge is 0.153 e. The number of aryl methyl sites for hydroxylation is 2. The van der Waals surface area contributed by atoms with Gasteiger partial charge in [-0.05, 0) is 25.5 Å². The van der Waals surface area contributed by atoms with Crippen LogP contribution in [0.2, 0.25) is 0 Å². The molecule has 0 unspecified atom stereocenters. The zero-order chi connectivity index (χ0) is 11.0. The van der Waals surface area contributed by atoms with Gasteiger partial charge in [-0.25, -0.2) is 4.98 Å². The van der Waals surface area contributed by atoms with E-state index in [1.54, 1.807) is 6.20 Å². The minimum Gasteiger partial charge on any atom is -0.453 e. The fourth-order valence-electron chi connectivity index (χ4n) is 1.48. The summed E-state index contributed by atoms with van der Waals surface area (Å²) in [5.41, 5.74) is 7.86. The number of hydrogen-bond acceptors (Lipinski definition) is 3. The number of nitrogens with zero attached hydrogens (tertiary/aromatic N) is 1. The first-order chi connectivity index (χ1) is 7.08. The second-order valence-electron chi connectivity index (χ2n) is 3.53. The molecule has 0 radical (unpaired) electrons. The fourth-order valence-corrected chi connectivity index (χ4v) is 1.48. The summed E-state index contributed by atoms with van der Waals surface area (Å²) in [6, 6.07) is 1.92. The summed E-state index contributed by atoms with van der Waals surface area (Å²) < 4.78 is 5.58. The van der Waals surface area contributed by atoms with Crippen LogP contribution < -0.4 is 5.73 Å². The Bertz CT molecular complexity index is 508. The minimum absolute atomic E-state index is 0.440. The van der Waals surface area contributed by atoms with Gasteiger partial charge in [0.2, 0.25) is 0 Å². The molecule has 0 bridgehead atoms. The quantitative estimate of drug-likeness (QED) is 0.786. The highest BCUT2D eigenvalue weighted by atomic mass is 16.3. The maximum Gasteiger partial charge on any atom is 0.153 e. The summed E-state index contributed by atoms with van der Waals surface area (Å²) in [5.74, 6) is 2.22. The molecule has 0 aromatic carbocycles. The normalized spacial score (nSPS) is 10.5. The molecule has 4 nitrogen and oxygen atoms in total. The van der Waals surface area contributed by atoms with Crippen molar-refractivity contribution in [2.45, 2.75) is 13.8 Å². The third-order valence-corrected chi connectivity index (χ3v) is 2.18. The third-order valence-electron chi connectivity index (χ3n) is 2.18. The number of aromatic nitrogens is 2. The highest BCUT2D eigenvalue weighted by Gasteiger charge is 2.11. The Labute approximate surface area is 87.8 Å². The maximum atomic E-state index is 5.60. The Kier molecular flexibility index (Phi) is 2.11. The number of furan rings is 1. The predicted octanol–water partition coefficient (Wildman–Crippen LogP) is 2.22. The zero-order valence-electron chi connectivity index (χ0n) is 8.79. The van der Waals surface area contributed by atoms with Gasteiger partial charge in [0.05, 0.1) is 11.9 Å². The second-order valence-corrected chi connectivity index (χ2v) is 3.53. The van der Waals surface area contributed by atoms with Gasteiger partial charge in [0.15, 0.2) is 11.5 Å². The molecule has 2 aromatic rings. The van der Waals surface area contributed by atoms with E-state index in [1.807, 2.05) is 19.9 Å². The first-order valence-electron chi connectivity index (χ1n) is 4.65. The molecule has 3 N–H and O–H groups in total. The van der Waals surface area contributed by atoms with Gasteiger partial charge in [0.1, 0.15) is 11.5 Å². The van der Waals surface area contributed by atoms with Crippen molar-refractivity contribution in [3.8, 4) is 11.5 Å². The van der Waals surface area contributed by atoms with E-state index in [4.69, 9.17) is 10.2 Å². The van der Waals surface area contributed by atoms with Crippen LogP contribution in [0.3, 0.4) is 0 Å². The summed E-state index contributed by atoms with van der Waals surface area (Å²) in [6.45, 7) is 7.48. The lowest BCUT2D eigenvalue weighted by atomic mass is 10.2. The van der Waals surface area contributed by atoms with E-state index in [2.05, 4.69) is 16.5 Å². The molecule has 0 amide bonds. The number of imidazole rings is 1. The molecule has 0 aliphatic carbocycles. The Morgan fingerprint density at radius 2 is 2.27 bits per heavy atom. The number of nitrogens with one attached hydrogen (secondary N) is 1. The van der Waals surface area contributed by atoms with Crippen LogP contribution >= 0.6 is 0 Å².